The molecule has 0 radical (unpaired) electrons. The number of nitrogens with one attached hydrogen (secondary N) is 1. The van der Waals surface area contributed by atoms with E-state index < -0.39 is 0 Å². The van der Waals surface area contributed by atoms with E-state index in [0.29, 0.717) is 20.9 Å². The molecule has 0 aliphatic rings. The van der Waals surface area contributed by atoms with Gasteiger partial charge in [-0.15, -0.1) is 0 Å². The molecule has 0 heterocycles. The minimum absolute atomic E-state index is 0. The van der Waals surface area contributed by atoms with Crippen molar-refractivity contribution in [3.8, 4) is 0 Å². The molecule has 0 aliphatic heterocycles. The molecule has 2 nitrogen and oxygen atoms in total. The first-order valence-corrected chi connectivity index (χ1v) is 5.35. The van der Waals surface area contributed by atoms with Gasteiger partial charge >= 0.3 is 24.6 Å². The fraction of sp³-hybridized carbons (Fsp3) is 0.875. The van der Waals surface area contributed by atoms with Gasteiger partial charge in [-0.3, -0.25) is 0 Å². The van der Waals surface area contributed by atoms with E-state index in [-0.39, 0.29) is 6.15 Å². The van der Waals surface area contributed by atoms with Crippen LogP contribution in [0.1, 0.15) is 40.5 Å². The van der Waals surface area contributed by atoms with Crippen LogP contribution < -0.4 is 0 Å². The van der Waals surface area contributed by atoms with E-state index in [0.717, 1.165) is 5.92 Å². The van der Waals surface area contributed by atoms with E-state index in [1.165, 1.54) is 12.8 Å². The van der Waals surface area contributed by atoms with Crippen LogP contribution in [0.3, 0.4) is 0 Å². The Morgan fingerprint density at radius 2 is 1.45 bits per heavy atom. The fourth-order valence-corrected chi connectivity index (χ4v) is 1.11. The van der Waals surface area contributed by atoms with Crippen molar-refractivity contribution in [2.24, 2.45) is 5.92 Å². The molecule has 0 saturated heterocycles. The zero-order valence-corrected chi connectivity index (χ0v) is 11.2. The van der Waals surface area contributed by atoms with Crippen molar-refractivity contribution < 1.29 is 20.9 Å². The summed E-state index contributed by atoms with van der Waals surface area (Å²) in [6.45, 7) is 8.94. The summed E-state index contributed by atoms with van der Waals surface area (Å²) in [7, 11) is 0. The minimum atomic E-state index is 0. The fourth-order valence-electron chi connectivity index (χ4n) is 1.11. The summed E-state index contributed by atoms with van der Waals surface area (Å²) in [6.07, 6.45) is 2.61. The van der Waals surface area contributed by atoms with Gasteiger partial charge in [0.2, 0.25) is 0 Å². The monoisotopic (exact) mass is 325 g/mol. The predicted molar refractivity (Wildman–Crippen MR) is 46.7 cm³/mol. The molecule has 0 aromatic rings. The van der Waals surface area contributed by atoms with Crippen LogP contribution in [0.15, 0.2) is 0 Å². The maximum absolute atomic E-state index is 5.86. The van der Waals surface area contributed by atoms with Gasteiger partial charge in [-0.2, -0.15) is 19.8 Å². The van der Waals surface area contributed by atoms with Crippen LogP contribution in [0, 0.1) is 15.6 Å². The number of rotatable bonds is 3. The first-order chi connectivity index (χ1) is 4.72. The Bertz CT molecular complexity index is 63.1. The van der Waals surface area contributed by atoms with E-state index in [9.17, 15) is 0 Å². The van der Waals surface area contributed by atoms with Crippen molar-refractivity contribution in [2.45, 2.75) is 40.5 Å². The third kappa shape index (κ3) is 10.5. The van der Waals surface area contributed by atoms with Crippen LogP contribution in [0.25, 0.3) is 6.15 Å². The van der Waals surface area contributed by atoms with E-state index in [1.807, 2.05) is 0 Å². The molecule has 0 amide bonds. The van der Waals surface area contributed by atoms with Gasteiger partial charge in [0.1, 0.15) is 0 Å². The normalized spacial score (nSPS) is 8.45. The summed E-state index contributed by atoms with van der Waals surface area (Å²) in [5.74, 6) is 2.45. The number of nitrogens with two attached hydrogens (primary N) is 1. The summed E-state index contributed by atoms with van der Waals surface area (Å²) in [4.78, 5) is 0. The standard InChI is InChI=1S/C8H17.H2N.HN.Ta/c1-5-8(6-2)7(3)4;;;/h8H,5-6H2,1-4H3;1H2;1H;/q2*-1;;. The maximum atomic E-state index is 5.86. The molecule has 0 unspecified atom stereocenters. The third-order valence-corrected chi connectivity index (χ3v) is 1.80. The molecule has 0 fully saturated rings. The average Bonchev–Trinajstić information content (AvgIpc) is 1.94. The van der Waals surface area contributed by atoms with Gasteiger partial charge in [0.15, 0.2) is 0 Å². The van der Waals surface area contributed by atoms with Gasteiger partial charge in [0.05, 0.1) is 0 Å². The van der Waals surface area contributed by atoms with Crippen molar-refractivity contribution in [3.63, 3.8) is 0 Å². The predicted octanol–water partition coefficient (Wildman–Crippen LogP) is 4.05. The third-order valence-electron chi connectivity index (χ3n) is 1.80. The van der Waals surface area contributed by atoms with Gasteiger partial charge in [-0.05, 0) is 0 Å². The van der Waals surface area contributed by atoms with Gasteiger partial charge < -0.3 is 12.1 Å². The second-order valence-electron chi connectivity index (χ2n) is 2.59. The first-order valence-electron chi connectivity index (χ1n) is 3.74. The number of hydrogen-bond acceptors (Lipinski definition) is 1. The van der Waals surface area contributed by atoms with E-state index >= 15 is 0 Å². The molecule has 3 N–H and O–H groups in total. The van der Waals surface area contributed by atoms with Crippen LogP contribution in [-0.2, 0) is 20.9 Å². The molecule has 11 heavy (non-hydrogen) atoms. The van der Waals surface area contributed by atoms with E-state index in [2.05, 4.69) is 27.7 Å². The Morgan fingerprint density at radius 3 is 1.45 bits per heavy atom. The zero-order valence-electron chi connectivity index (χ0n) is 8.02. The van der Waals surface area contributed by atoms with Crippen molar-refractivity contribution in [1.82, 2.24) is 0 Å². The van der Waals surface area contributed by atoms with E-state index in [1.54, 1.807) is 5.92 Å². The average molecular weight is 325 g/mol. The summed E-state index contributed by atoms with van der Waals surface area (Å²) < 4.78 is 5.86. The molecular formula is C8H20N2Ta-2. The van der Waals surface area contributed by atoms with Crippen molar-refractivity contribution >= 4 is 0 Å². The molecule has 3 heteroatoms. The molecule has 69 valence electrons. The van der Waals surface area contributed by atoms with Crippen LogP contribution in [0.5, 0.6) is 0 Å². The molecule has 0 aromatic heterocycles. The Hall–Kier alpha value is 0.500. The summed E-state index contributed by atoms with van der Waals surface area (Å²) in [5.41, 5.74) is 0. The SMILES string of the molecule is CCC(CC)[C-](C)C.[NH2-].[NH]=[Ta]. The van der Waals surface area contributed by atoms with Gasteiger partial charge in [-0.25, -0.2) is 0 Å². The summed E-state index contributed by atoms with van der Waals surface area (Å²) in [6, 6.07) is 0. The topological polar surface area (TPSA) is 57.4 Å². The van der Waals surface area contributed by atoms with E-state index in [4.69, 9.17) is 3.76 Å². The molecule has 0 aromatic carbocycles. The Kier molecular flexibility index (Phi) is 20.9. The molecule has 0 aliphatic carbocycles. The van der Waals surface area contributed by atoms with Gasteiger partial charge in [-0.1, -0.05) is 26.7 Å². The van der Waals surface area contributed by atoms with Crippen molar-refractivity contribution in [2.75, 3.05) is 0 Å². The molecule has 0 spiro atoms. The molecule has 0 rings (SSSR count). The Labute approximate surface area is 83.3 Å². The second-order valence-corrected chi connectivity index (χ2v) is 2.59. The quantitative estimate of drug-likeness (QED) is 0.761. The van der Waals surface area contributed by atoms with Crippen molar-refractivity contribution in [1.29, 1.82) is 3.76 Å². The zero-order chi connectivity index (χ0) is 8.57. The summed E-state index contributed by atoms with van der Waals surface area (Å²) >= 11 is 0.694. The first kappa shape index (κ1) is 17.5. The van der Waals surface area contributed by atoms with Crippen LogP contribution >= 0.6 is 0 Å². The molecular weight excluding hydrogens is 305 g/mol. The molecule has 0 atom stereocenters. The van der Waals surface area contributed by atoms with Crippen LogP contribution in [0.2, 0.25) is 0 Å². The Morgan fingerprint density at radius 1 is 1.18 bits per heavy atom. The Balaban J connectivity index is -0.000000196. The second kappa shape index (κ2) is 13.1. The van der Waals surface area contributed by atoms with Crippen molar-refractivity contribution in [3.05, 3.63) is 12.1 Å². The van der Waals surface area contributed by atoms with Gasteiger partial charge in [0, 0.05) is 0 Å². The summed E-state index contributed by atoms with van der Waals surface area (Å²) in [5, 5.41) is 0. The van der Waals surface area contributed by atoms with Crippen LogP contribution in [-0.4, -0.2) is 0 Å². The molecule has 0 saturated carbocycles. The number of hydrogen-bond donors (Lipinski definition) is 1. The van der Waals surface area contributed by atoms with Gasteiger partial charge in [0.25, 0.3) is 0 Å². The van der Waals surface area contributed by atoms with Crippen LogP contribution in [0.4, 0.5) is 0 Å². The molecule has 0 bridgehead atoms.